The molecule has 20 heavy (non-hydrogen) atoms. The lowest BCUT2D eigenvalue weighted by Gasteiger charge is -2.48. The van der Waals surface area contributed by atoms with Gasteiger partial charge in [-0.1, -0.05) is 12.5 Å². The summed E-state index contributed by atoms with van der Waals surface area (Å²) in [6.07, 6.45) is 3.85. The zero-order valence-corrected chi connectivity index (χ0v) is 12.2. The molecule has 1 aromatic rings. The molecule has 0 radical (unpaired) electrons. The second-order valence-corrected chi connectivity index (χ2v) is 6.14. The Hall–Kier alpha value is -1.13. The van der Waals surface area contributed by atoms with Crippen LogP contribution in [-0.2, 0) is 6.54 Å². The van der Waals surface area contributed by atoms with Crippen molar-refractivity contribution in [3.8, 4) is 0 Å². The molecule has 3 nitrogen and oxygen atoms in total. The minimum Gasteiger partial charge on any atom is -0.364 e. The lowest BCUT2D eigenvalue weighted by molar-refractivity contribution is 0.115. The van der Waals surface area contributed by atoms with Crippen LogP contribution in [0, 0.1) is 5.82 Å². The van der Waals surface area contributed by atoms with Crippen molar-refractivity contribution in [3.63, 3.8) is 0 Å². The van der Waals surface area contributed by atoms with Crippen LogP contribution in [0.3, 0.4) is 0 Å². The molecule has 0 aromatic heterocycles. The van der Waals surface area contributed by atoms with Gasteiger partial charge in [-0.15, -0.1) is 0 Å². The van der Waals surface area contributed by atoms with E-state index in [4.69, 9.17) is 5.73 Å². The monoisotopic (exact) mass is 277 g/mol. The third kappa shape index (κ3) is 2.54. The highest BCUT2D eigenvalue weighted by molar-refractivity contribution is 5.51. The summed E-state index contributed by atoms with van der Waals surface area (Å²) in [7, 11) is 0. The SMILES string of the molecule is CC1CN2CCCCC2CN1c1ccc(CN)cc1F. The highest BCUT2D eigenvalue weighted by atomic mass is 19.1. The summed E-state index contributed by atoms with van der Waals surface area (Å²) < 4.78 is 14.3. The summed E-state index contributed by atoms with van der Waals surface area (Å²) in [6.45, 7) is 5.78. The highest BCUT2D eigenvalue weighted by Gasteiger charge is 2.33. The molecule has 0 amide bonds. The number of rotatable bonds is 2. The summed E-state index contributed by atoms with van der Waals surface area (Å²) in [4.78, 5) is 4.82. The van der Waals surface area contributed by atoms with E-state index >= 15 is 0 Å². The molecular formula is C16H24FN3. The van der Waals surface area contributed by atoms with Crippen molar-refractivity contribution < 1.29 is 4.39 Å². The predicted molar refractivity (Wildman–Crippen MR) is 80.3 cm³/mol. The third-order valence-corrected chi connectivity index (χ3v) is 4.74. The fourth-order valence-corrected chi connectivity index (χ4v) is 3.60. The number of nitrogens with zero attached hydrogens (tertiary/aromatic N) is 2. The van der Waals surface area contributed by atoms with E-state index in [0.29, 0.717) is 18.6 Å². The van der Waals surface area contributed by atoms with Crippen molar-refractivity contribution in [2.24, 2.45) is 5.73 Å². The summed E-state index contributed by atoms with van der Waals surface area (Å²) >= 11 is 0. The van der Waals surface area contributed by atoms with Crippen LogP contribution in [-0.4, -0.2) is 36.6 Å². The van der Waals surface area contributed by atoms with Crippen LogP contribution >= 0.6 is 0 Å². The third-order valence-electron chi connectivity index (χ3n) is 4.74. The largest absolute Gasteiger partial charge is 0.364 e. The second kappa shape index (κ2) is 5.70. The zero-order chi connectivity index (χ0) is 14.1. The number of halogens is 1. The van der Waals surface area contributed by atoms with E-state index in [1.54, 1.807) is 6.07 Å². The van der Waals surface area contributed by atoms with Crippen LogP contribution in [0.15, 0.2) is 18.2 Å². The topological polar surface area (TPSA) is 32.5 Å². The molecular weight excluding hydrogens is 253 g/mol. The Kier molecular flexibility index (Phi) is 3.94. The number of nitrogens with two attached hydrogens (primary N) is 1. The molecule has 3 rings (SSSR count). The summed E-state index contributed by atoms with van der Waals surface area (Å²) in [5.41, 5.74) is 7.17. The molecule has 0 aliphatic carbocycles. The molecule has 110 valence electrons. The first-order valence-corrected chi connectivity index (χ1v) is 7.68. The van der Waals surface area contributed by atoms with E-state index in [1.165, 1.54) is 25.8 Å². The number of hydrogen-bond acceptors (Lipinski definition) is 3. The second-order valence-electron chi connectivity index (χ2n) is 6.14. The Morgan fingerprint density at radius 1 is 1.30 bits per heavy atom. The van der Waals surface area contributed by atoms with E-state index in [9.17, 15) is 4.39 Å². The van der Waals surface area contributed by atoms with Gasteiger partial charge < -0.3 is 10.6 Å². The highest BCUT2D eigenvalue weighted by Crippen LogP contribution is 2.30. The molecule has 2 N–H and O–H groups in total. The van der Waals surface area contributed by atoms with Crippen LogP contribution in [0.25, 0.3) is 0 Å². The van der Waals surface area contributed by atoms with Crippen LogP contribution in [0.5, 0.6) is 0 Å². The number of anilines is 1. The fraction of sp³-hybridized carbons (Fsp3) is 0.625. The molecule has 2 heterocycles. The first kappa shape index (κ1) is 13.8. The summed E-state index contributed by atoms with van der Waals surface area (Å²) in [5.74, 6) is -0.135. The maximum absolute atomic E-state index is 14.3. The van der Waals surface area contributed by atoms with Gasteiger partial charge in [0.25, 0.3) is 0 Å². The quantitative estimate of drug-likeness (QED) is 0.900. The molecule has 4 heteroatoms. The average molecular weight is 277 g/mol. The molecule has 0 spiro atoms. The number of benzene rings is 1. The van der Waals surface area contributed by atoms with Crippen molar-refractivity contribution >= 4 is 5.69 Å². The zero-order valence-electron chi connectivity index (χ0n) is 12.2. The van der Waals surface area contributed by atoms with E-state index in [1.807, 2.05) is 12.1 Å². The van der Waals surface area contributed by atoms with Crippen molar-refractivity contribution in [2.45, 2.75) is 44.8 Å². The van der Waals surface area contributed by atoms with Crippen molar-refractivity contribution in [1.29, 1.82) is 0 Å². The molecule has 2 fully saturated rings. The summed E-state index contributed by atoms with van der Waals surface area (Å²) in [6, 6.07) is 6.37. The van der Waals surface area contributed by atoms with Gasteiger partial charge in [0.1, 0.15) is 5.82 Å². The van der Waals surface area contributed by atoms with Crippen LogP contribution in [0.4, 0.5) is 10.1 Å². The van der Waals surface area contributed by atoms with Gasteiger partial charge in [-0.3, -0.25) is 4.90 Å². The Morgan fingerprint density at radius 3 is 2.90 bits per heavy atom. The van der Waals surface area contributed by atoms with Crippen LogP contribution in [0.1, 0.15) is 31.7 Å². The van der Waals surface area contributed by atoms with Gasteiger partial charge in [0.05, 0.1) is 5.69 Å². The van der Waals surface area contributed by atoms with Gasteiger partial charge in [-0.25, -0.2) is 4.39 Å². The normalized spacial score (nSPS) is 27.4. The number of fused-ring (bicyclic) bond motifs is 1. The van der Waals surface area contributed by atoms with Crippen LogP contribution in [0.2, 0.25) is 0 Å². The van der Waals surface area contributed by atoms with Gasteiger partial charge in [0, 0.05) is 31.7 Å². The fourth-order valence-electron chi connectivity index (χ4n) is 3.60. The van der Waals surface area contributed by atoms with Gasteiger partial charge in [-0.05, 0) is 44.0 Å². The van der Waals surface area contributed by atoms with E-state index in [-0.39, 0.29) is 5.82 Å². The van der Waals surface area contributed by atoms with Gasteiger partial charge >= 0.3 is 0 Å². The predicted octanol–water partition coefficient (Wildman–Crippen LogP) is 2.35. The maximum atomic E-state index is 14.3. The maximum Gasteiger partial charge on any atom is 0.146 e. The Morgan fingerprint density at radius 2 is 2.15 bits per heavy atom. The number of piperazine rings is 1. The van der Waals surface area contributed by atoms with E-state index in [2.05, 4.69) is 16.7 Å². The van der Waals surface area contributed by atoms with Crippen molar-refractivity contribution in [1.82, 2.24) is 4.90 Å². The molecule has 2 atom stereocenters. The first-order chi connectivity index (χ1) is 9.69. The molecule has 0 saturated carbocycles. The molecule has 2 aliphatic rings. The van der Waals surface area contributed by atoms with Gasteiger partial charge in [0.15, 0.2) is 0 Å². The minimum absolute atomic E-state index is 0.135. The van der Waals surface area contributed by atoms with Crippen molar-refractivity contribution in [2.75, 3.05) is 24.5 Å². The smallest absolute Gasteiger partial charge is 0.146 e. The minimum atomic E-state index is -0.135. The average Bonchev–Trinajstić information content (AvgIpc) is 2.46. The molecule has 0 bridgehead atoms. The Labute approximate surface area is 120 Å². The Balaban J connectivity index is 1.82. The first-order valence-electron chi connectivity index (χ1n) is 7.68. The van der Waals surface area contributed by atoms with Gasteiger partial charge in [-0.2, -0.15) is 0 Å². The molecule has 2 saturated heterocycles. The lowest BCUT2D eigenvalue weighted by Crippen LogP contribution is -2.59. The lowest BCUT2D eigenvalue weighted by atomic mass is 9.96. The molecule has 2 aliphatic heterocycles. The van der Waals surface area contributed by atoms with Crippen molar-refractivity contribution in [3.05, 3.63) is 29.6 Å². The molecule has 2 unspecified atom stereocenters. The number of hydrogen-bond donors (Lipinski definition) is 1. The summed E-state index contributed by atoms with van der Waals surface area (Å²) in [5, 5.41) is 0. The van der Waals surface area contributed by atoms with E-state index < -0.39 is 0 Å². The van der Waals surface area contributed by atoms with Crippen LogP contribution < -0.4 is 10.6 Å². The Bertz CT molecular complexity index is 477. The van der Waals surface area contributed by atoms with Gasteiger partial charge in [0.2, 0.25) is 0 Å². The molecule has 1 aromatic carbocycles. The number of piperidine rings is 1. The standard InChI is InChI=1S/C16H24FN3/c1-12-10-19-7-3-2-4-14(19)11-20(12)16-6-5-13(9-18)8-15(16)17/h5-6,8,12,14H,2-4,7,9-11,18H2,1H3. The van der Waals surface area contributed by atoms with E-state index in [0.717, 1.165) is 24.3 Å².